The van der Waals surface area contributed by atoms with Crippen LogP contribution in [0.15, 0.2) is 48.5 Å². The van der Waals surface area contributed by atoms with Gasteiger partial charge in [0.2, 0.25) is 5.91 Å². The van der Waals surface area contributed by atoms with Crippen LogP contribution in [-0.4, -0.2) is 25.0 Å². The van der Waals surface area contributed by atoms with E-state index in [1.165, 1.54) is 0 Å². The van der Waals surface area contributed by atoms with E-state index in [1.807, 2.05) is 42.5 Å². The molecule has 2 aromatic carbocycles. The Bertz CT molecular complexity index is 779. The van der Waals surface area contributed by atoms with Gasteiger partial charge >= 0.3 is 6.03 Å². The number of carbonyl (C=O) groups excluding carboxylic acids is 2. The van der Waals surface area contributed by atoms with Crippen LogP contribution in [0.2, 0.25) is 5.02 Å². The van der Waals surface area contributed by atoms with Crippen LogP contribution >= 0.6 is 11.6 Å². The first-order valence-corrected chi connectivity index (χ1v) is 8.69. The van der Waals surface area contributed by atoms with Crippen LogP contribution in [-0.2, 0) is 11.2 Å². The van der Waals surface area contributed by atoms with E-state index in [0.717, 1.165) is 24.2 Å². The van der Waals surface area contributed by atoms with Gasteiger partial charge < -0.3 is 15.5 Å². The lowest BCUT2D eigenvalue weighted by atomic mass is 10.1. The van der Waals surface area contributed by atoms with Crippen molar-refractivity contribution < 1.29 is 9.59 Å². The Morgan fingerprint density at radius 2 is 2.00 bits per heavy atom. The average Bonchev–Trinajstić information content (AvgIpc) is 3.01. The fourth-order valence-electron chi connectivity index (χ4n) is 2.86. The Hall–Kier alpha value is -2.53. The van der Waals surface area contributed by atoms with E-state index in [2.05, 4.69) is 10.6 Å². The summed E-state index contributed by atoms with van der Waals surface area (Å²) in [5, 5.41) is 6.32. The lowest BCUT2D eigenvalue weighted by molar-refractivity contribution is -0.117. The number of urea groups is 1. The maximum Gasteiger partial charge on any atom is 0.319 e. The van der Waals surface area contributed by atoms with Gasteiger partial charge in [0.05, 0.1) is 0 Å². The van der Waals surface area contributed by atoms with Crippen molar-refractivity contribution in [1.29, 1.82) is 0 Å². The van der Waals surface area contributed by atoms with Gasteiger partial charge in [-0.3, -0.25) is 4.79 Å². The van der Waals surface area contributed by atoms with Gasteiger partial charge in [-0.25, -0.2) is 4.79 Å². The van der Waals surface area contributed by atoms with Gasteiger partial charge in [-0.15, -0.1) is 0 Å². The van der Waals surface area contributed by atoms with Crippen molar-refractivity contribution in [3.05, 3.63) is 59.1 Å². The maximum atomic E-state index is 12.0. The summed E-state index contributed by atoms with van der Waals surface area (Å²) >= 11 is 5.94. The Morgan fingerprint density at radius 3 is 2.76 bits per heavy atom. The van der Waals surface area contributed by atoms with Crippen molar-refractivity contribution >= 4 is 34.9 Å². The monoisotopic (exact) mass is 357 g/mol. The van der Waals surface area contributed by atoms with E-state index in [-0.39, 0.29) is 11.9 Å². The molecule has 0 aliphatic carbocycles. The number of anilines is 2. The zero-order valence-electron chi connectivity index (χ0n) is 13.8. The predicted molar refractivity (Wildman–Crippen MR) is 100 cm³/mol. The quantitative estimate of drug-likeness (QED) is 0.854. The van der Waals surface area contributed by atoms with Crippen molar-refractivity contribution in [3.8, 4) is 0 Å². The van der Waals surface area contributed by atoms with Crippen LogP contribution in [0.3, 0.4) is 0 Å². The van der Waals surface area contributed by atoms with Gasteiger partial charge in [0.1, 0.15) is 0 Å². The second-order valence-corrected chi connectivity index (χ2v) is 6.40. The SMILES string of the molecule is O=C(NCCc1cccc(Cl)c1)Nc1cccc(N2CCCC2=O)c1. The number of hydrogen-bond donors (Lipinski definition) is 2. The summed E-state index contributed by atoms with van der Waals surface area (Å²) < 4.78 is 0. The van der Waals surface area contributed by atoms with Gasteiger partial charge in [-0.1, -0.05) is 29.8 Å². The first kappa shape index (κ1) is 17.3. The molecule has 3 rings (SSSR count). The fraction of sp³-hybridized carbons (Fsp3) is 0.263. The summed E-state index contributed by atoms with van der Waals surface area (Å²) in [6.07, 6.45) is 2.17. The minimum absolute atomic E-state index is 0.128. The lowest BCUT2D eigenvalue weighted by Gasteiger charge is -2.17. The third kappa shape index (κ3) is 4.73. The molecule has 2 N–H and O–H groups in total. The predicted octanol–water partition coefficient (Wildman–Crippen LogP) is 3.83. The van der Waals surface area contributed by atoms with Crippen LogP contribution in [0.5, 0.6) is 0 Å². The Balaban J connectivity index is 1.51. The highest BCUT2D eigenvalue weighted by Crippen LogP contribution is 2.24. The van der Waals surface area contributed by atoms with E-state index in [4.69, 9.17) is 11.6 Å². The molecule has 1 heterocycles. The molecule has 5 nitrogen and oxygen atoms in total. The Labute approximate surface area is 152 Å². The Kier molecular flexibility index (Phi) is 5.56. The molecule has 0 aromatic heterocycles. The van der Waals surface area contributed by atoms with E-state index in [1.54, 1.807) is 11.0 Å². The molecule has 0 saturated carbocycles. The largest absolute Gasteiger partial charge is 0.338 e. The lowest BCUT2D eigenvalue weighted by Crippen LogP contribution is -2.30. The summed E-state index contributed by atoms with van der Waals surface area (Å²) in [7, 11) is 0. The first-order chi connectivity index (χ1) is 12.1. The molecule has 1 aliphatic rings. The molecule has 0 bridgehead atoms. The summed E-state index contributed by atoms with van der Waals surface area (Å²) in [6, 6.07) is 14.6. The molecule has 0 atom stereocenters. The summed E-state index contributed by atoms with van der Waals surface area (Å²) in [4.78, 5) is 25.6. The topological polar surface area (TPSA) is 61.4 Å². The fourth-order valence-corrected chi connectivity index (χ4v) is 3.07. The van der Waals surface area contributed by atoms with Crippen LogP contribution in [0.25, 0.3) is 0 Å². The summed E-state index contributed by atoms with van der Waals surface area (Å²) in [6.45, 7) is 1.24. The number of halogens is 1. The number of rotatable bonds is 5. The number of carbonyl (C=O) groups is 2. The van der Waals surface area contributed by atoms with Crippen molar-refractivity contribution in [1.82, 2.24) is 5.32 Å². The second-order valence-electron chi connectivity index (χ2n) is 5.96. The molecule has 1 aliphatic heterocycles. The Morgan fingerprint density at radius 1 is 1.16 bits per heavy atom. The van der Waals surface area contributed by atoms with E-state index in [9.17, 15) is 9.59 Å². The van der Waals surface area contributed by atoms with Gasteiger partial charge in [0.25, 0.3) is 0 Å². The van der Waals surface area contributed by atoms with Crippen LogP contribution in [0.1, 0.15) is 18.4 Å². The standard InChI is InChI=1S/C19H20ClN3O2/c20-15-5-1-4-14(12-15)9-10-21-19(25)22-16-6-2-7-17(13-16)23-11-3-8-18(23)24/h1-2,4-7,12-13H,3,8-11H2,(H2,21,22,25). The highest BCUT2D eigenvalue weighted by molar-refractivity contribution is 6.30. The third-order valence-corrected chi connectivity index (χ3v) is 4.31. The molecule has 0 spiro atoms. The molecule has 25 heavy (non-hydrogen) atoms. The third-order valence-electron chi connectivity index (χ3n) is 4.08. The highest BCUT2D eigenvalue weighted by Gasteiger charge is 2.21. The smallest absolute Gasteiger partial charge is 0.319 e. The maximum absolute atomic E-state index is 12.0. The van der Waals surface area contributed by atoms with Crippen LogP contribution in [0, 0.1) is 0 Å². The van der Waals surface area contributed by atoms with Gasteiger partial charge in [-0.2, -0.15) is 0 Å². The van der Waals surface area contributed by atoms with Crippen molar-refractivity contribution in [2.75, 3.05) is 23.3 Å². The highest BCUT2D eigenvalue weighted by atomic mass is 35.5. The molecule has 0 unspecified atom stereocenters. The zero-order valence-corrected chi connectivity index (χ0v) is 14.6. The molecular weight excluding hydrogens is 338 g/mol. The van der Waals surface area contributed by atoms with Crippen molar-refractivity contribution in [2.24, 2.45) is 0 Å². The first-order valence-electron chi connectivity index (χ1n) is 8.31. The van der Waals surface area contributed by atoms with Gasteiger partial charge in [0.15, 0.2) is 0 Å². The minimum Gasteiger partial charge on any atom is -0.338 e. The van der Waals surface area contributed by atoms with Gasteiger partial charge in [0, 0.05) is 35.9 Å². The second kappa shape index (κ2) is 8.03. The van der Waals surface area contributed by atoms with Crippen molar-refractivity contribution in [3.63, 3.8) is 0 Å². The van der Waals surface area contributed by atoms with Gasteiger partial charge in [-0.05, 0) is 48.7 Å². The van der Waals surface area contributed by atoms with E-state index in [0.29, 0.717) is 30.1 Å². The summed E-state index contributed by atoms with van der Waals surface area (Å²) in [5.74, 6) is 0.128. The molecule has 0 radical (unpaired) electrons. The molecule has 1 fully saturated rings. The molecule has 1 saturated heterocycles. The van der Waals surface area contributed by atoms with E-state index < -0.39 is 0 Å². The normalized spacial score (nSPS) is 13.8. The summed E-state index contributed by atoms with van der Waals surface area (Å²) in [5.41, 5.74) is 2.55. The number of nitrogens with zero attached hydrogens (tertiary/aromatic N) is 1. The molecule has 2 aromatic rings. The number of hydrogen-bond acceptors (Lipinski definition) is 2. The molecule has 130 valence electrons. The van der Waals surface area contributed by atoms with Crippen LogP contribution in [0.4, 0.5) is 16.2 Å². The molecule has 6 heteroatoms. The van der Waals surface area contributed by atoms with E-state index >= 15 is 0 Å². The average molecular weight is 358 g/mol. The molecule has 3 amide bonds. The zero-order chi connectivity index (χ0) is 17.6. The number of benzene rings is 2. The number of amides is 3. The molecular formula is C19H20ClN3O2. The van der Waals surface area contributed by atoms with Crippen molar-refractivity contribution in [2.45, 2.75) is 19.3 Å². The number of nitrogens with one attached hydrogen (secondary N) is 2. The van der Waals surface area contributed by atoms with Crippen LogP contribution < -0.4 is 15.5 Å². The minimum atomic E-state index is -0.271.